The summed E-state index contributed by atoms with van der Waals surface area (Å²) in [5.74, 6) is -0.723. The smallest absolute Gasteiger partial charge is 0.243 e. The van der Waals surface area contributed by atoms with Gasteiger partial charge in [0, 0.05) is 13.1 Å². The van der Waals surface area contributed by atoms with Crippen molar-refractivity contribution in [3.63, 3.8) is 0 Å². The lowest BCUT2D eigenvalue weighted by atomic mass is 10.3. The van der Waals surface area contributed by atoms with Crippen LogP contribution in [-0.2, 0) is 14.8 Å². The van der Waals surface area contributed by atoms with Crippen LogP contribution in [0.5, 0.6) is 0 Å². The van der Waals surface area contributed by atoms with E-state index in [0.717, 1.165) is 6.07 Å². The third-order valence-corrected chi connectivity index (χ3v) is 4.47. The first kappa shape index (κ1) is 12.3. The predicted molar refractivity (Wildman–Crippen MR) is 60.4 cm³/mol. The van der Waals surface area contributed by atoms with Gasteiger partial charge in [-0.3, -0.25) is 0 Å². The Hall–Kier alpha value is -1.18. The fourth-order valence-corrected chi connectivity index (χ4v) is 3.02. The zero-order chi connectivity index (χ0) is 12.5. The Morgan fingerprint density at radius 2 is 1.94 bits per heavy atom. The highest BCUT2D eigenvalue weighted by Crippen LogP contribution is 2.20. The molecule has 0 radical (unpaired) electrons. The van der Waals surface area contributed by atoms with Crippen molar-refractivity contribution in [2.75, 3.05) is 32.0 Å². The van der Waals surface area contributed by atoms with Crippen LogP contribution in [0.1, 0.15) is 0 Å². The van der Waals surface area contributed by atoms with Gasteiger partial charge in [-0.2, -0.15) is 4.31 Å². The predicted octanol–water partition coefficient (Wildman–Crippen LogP) is 0.429. The molecule has 94 valence electrons. The maximum absolute atomic E-state index is 13.2. The number of anilines is 1. The number of rotatable bonds is 2. The SMILES string of the molecule is Nc1ccc(S(=O)(=O)N2CCOCC2)cc1F. The van der Waals surface area contributed by atoms with Gasteiger partial charge in [0.05, 0.1) is 23.8 Å². The quantitative estimate of drug-likeness (QED) is 0.783. The van der Waals surface area contributed by atoms with Crippen LogP contribution >= 0.6 is 0 Å². The number of nitrogens with two attached hydrogens (primary N) is 1. The minimum Gasteiger partial charge on any atom is -0.396 e. The summed E-state index contributed by atoms with van der Waals surface area (Å²) < 4.78 is 43.8. The van der Waals surface area contributed by atoms with Gasteiger partial charge in [0.25, 0.3) is 0 Å². The van der Waals surface area contributed by atoms with Gasteiger partial charge in [0.1, 0.15) is 5.82 Å². The molecular formula is C10H13FN2O3S. The Kier molecular flexibility index (Phi) is 3.32. The highest BCUT2D eigenvalue weighted by atomic mass is 32.2. The van der Waals surface area contributed by atoms with Crippen LogP contribution in [0.2, 0.25) is 0 Å². The molecule has 1 aliphatic rings. The Bertz CT molecular complexity index is 512. The van der Waals surface area contributed by atoms with Crippen molar-refractivity contribution in [1.29, 1.82) is 0 Å². The molecule has 5 nitrogen and oxygen atoms in total. The Labute approximate surface area is 99.0 Å². The topological polar surface area (TPSA) is 72.6 Å². The standard InChI is InChI=1S/C10H13FN2O3S/c11-9-7-8(1-2-10(9)12)17(14,15)13-3-5-16-6-4-13/h1-2,7H,3-6,12H2. The highest BCUT2D eigenvalue weighted by Gasteiger charge is 2.26. The minimum atomic E-state index is -3.64. The molecule has 2 rings (SSSR count). The van der Waals surface area contributed by atoms with Gasteiger partial charge in [-0.15, -0.1) is 0 Å². The van der Waals surface area contributed by atoms with E-state index in [-0.39, 0.29) is 23.7 Å². The number of ether oxygens (including phenoxy) is 1. The summed E-state index contributed by atoms with van der Waals surface area (Å²) in [6.45, 7) is 1.29. The highest BCUT2D eigenvalue weighted by molar-refractivity contribution is 7.89. The van der Waals surface area contributed by atoms with Gasteiger partial charge in [-0.05, 0) is 18.2 Å². The van der Waals surface area contributed by atoms with Crippen LogP contribution in [0.4, 0.5) is 10.1 Å². The van der Waals surface area contributed by atoms with E-state index in [1.807, 2.05) is 0 Å². The van der Waals surface area contributed by atoms with Crippen LogP contribution in [0, 0.1) is 5.82 Å². The average molecular weight is 260 g/mol. The van der Waals surface area contributed by atoms with Crippen LogP contribution in [0.15, 0.2) is 23.1 Å². The summed E-state index contributed by atoms with van der Waals surface area (Å²) >= 11 is 0. The van der Waals surface area contributed by atoms with Gasteiger partial charge in [0.2, 0.25) is 10.0 Å². The number of nitrogen functional groups attached to an aromatic ring is 1. The molecule has 1 aromatic carbocycles. The summed E-state index contributed by atoms with van der Waals surface area (Å²) in [6, 6.07) is 3.51. The number of hydrogen-bond acceptors (Lipinski definition) is 4. The molecule has 0 amide bonds. The minimum absolute atomic E-state index is 0.0640. The Morgan fingerprint density at radius 1 is 1.29 bits per heavy atom. The van der Waals surface area contributed by atoms with E-state index >= 15 is 0 Å². The first-order valence-corrected chi connectivity index (χ1v) is 6.59. The van der Waals surface area contributed by atoms with Crippen molar-refractivity contribution >= 4 is 15.7 Å². The van der Waals surface area contributed by atoms with Crippen molar-refractivity contribution in [2.45, 2.75) is 4.90 Å². The number of sulfonamides is 1. The molecule has 0 unspecified atom stereocenters. The van der Waals surface area contributed by atoms with E-state index in [1.54, 1.807) is 0 Å². The van der Waals surface area contributed by atoms with Crippen molar-refractivity contribution < 1.29 is 17.5 Å². The zero-order valence-electron chi connectivity index (χ0n) is 9.10. The molecule has 17 heavy (non-hydrogen) atoms. The molecule has 0 aliphatic carbocycles. The van der Waals surface area contributed by atoms with E-state index in [2.05, 4.69) is 0 Å². The monoisotopic (exact) mass is 260 g/mol. The zero-order valence-corrected chi connectivity index (χ0v) is 9.91. The molecular weight excluding hydrogens is 247 g/mol. The van der Waals surface area contributed by atoms with E-state index in [1.165, 1.54) is 16.4 Å². The Morgan fingerprint density at radius 3 is 2.53 bits per heavy atom. The Balaban J connectivity index is 2.33. The largest absolute Gasteiger partial charge is 0.396 e. The maximum atomic E-state index is 13.2. The lowest BCUT2D eigenvalue weighted by molar-refractivity contribution is 0.0730. The lowest BCUT2D eigenvalue weighted by Crippen LogP contribution is -2.40. The summed E-state index contributed by atoms with van der Waals surface area (Å²) in [4.78, 5) is -0.0777. The van der Waals surface area contributed by atoms with Crippen molar-refractivity contribution in [2.24, 2.45) is 0 Å². The lowest BCUT2D eigenvalue weighted by Gasteiger charge is -2.26. The van der Waals surface area contributed by atoms with Gasteiger partial charge in [-0.25, -0.2) is 12.8 Å². The molecule has 1 fully saturated rings. The maximum Gasteiger partial charge on any atom is 0.243 e. The van der Waals surface area contributed by atoms with Gasteiger partial charge in [0.15, 0.2) is 0 Å². The summed E-state index contributed by atoms with van der Waals surface area (Å²) in [7, 11) is -3.64. The fraction of sp³-hybridized carbons (Fsp3) is 0.400. The summed E-state index contributed by atoms with van der Waals surface area (Å²) in [5.41, 5.74) is 5.24. The molecule has 1 aliphatic heterocycles. The number of nitrogens with zero attached hydrogens (tertiary/aromatic N) is 1. The first-order chi connectivity index (χ1) is 8.01. The molecule has 1 saturated heterocycles. The average Bonchev–Trinajstić information content (AvgIpc) is 2.33. The summed E-state index contributed by atoms with van der Waals surface area (Å²) in [5, 5.41) is 0. The molecule has 0 saturated carbocycles. The normalized spacial score (nSPS) is 18.2. The molecule has 0 atom stereocenters. The van der Waals surface area contributed by atoms with Gasteiger partial charge < -0.3 is 10.5 Å². The molecule has 0 bridgehead atoms. The fourth-order valence-electron chi connectivity index (χ4n) is 1.60. The van der Waals surface area contributed by atoms with Crippen molar-refractivity contribution in [3.05, 3.63) is 24.0 Å². The molecule has 0 aromatic heterocycles. The van der Waals surface area contributed by atoms with E-state index in [4.69, 9.17) is 10.5 Å². The molecule has 0 spiro atoms. The number of benzene rings is 1. The van der Waals surface area contributed by atoms with Gasteiger partial charge in [-0.1, -0.05) is 0 Å². The van der Waals surface area contributed by atoms with Crippen molar-refractivity contribution in [3.8, 4) is 0 Å². The second-order valence-corrected chi connectivity index (χ2v) is 5.64. The molecule has 1 heterocycles. The second kappa shape index (κ2) is 4.59. The van der Waals surface area contributed by atoms with Crippen molar-refractivity contribution in [1.82, 2.24) is 4.31 Å². The molecule has 1 aromatic rings. The first-order valence-electron chi connectivity index (χ1n) is 5.15. The van der Waals surface area contributed by atoms with Crippen LogP contribution in [0.25, 0.3) is 0 Å². The van der Waals surface area contributed by atoms with E-state index < -0.39 is 15.8 Å². The van der Waals surface area contributed by atoms with E-state index in [9.17, 15) is 12.8 Å². The molecule has 2 N–H and O–H groups in total. The molecule has 7 heteroatoms. The third kappa shape index (κ3) is 2.41. The van der Waals surface area contributed by atoms with Gasteiger partial charge >= 0.3 is 0 Å². The number of morpholine rings is 1. The number of hydrogen-bond donors (Lipinski definition) is 1. The van der Waals surface area contributed by atoms with E-state index in [0.29, 0.717) is 13.2 Å². The van der Waals surface area contributed by atoms with Crippen LogP contribution in [-0.4, -0.2) is 39.0 Å². The van der Waals surface area contributed by atoms with Crippen LogP contribution < -0.4 is 5.73 Å². The second-order valence-electron chi connectivity index (χ2n) is 3.70. The number of halogens is 1. The summed E-state index contributed by atoms with van der Waals surface area (Å²) in [6.07, 6.45) is 0. The third-order valence-electron chi connectivity index (χ3n) is 2.58. The van der Waals surface area contributed by atoms with Crippen LogP contribution in [0.3, 0.4) is 0 Å².